The van der Waals surface area contributed by atoms with Crippen molar-refractivity contribution in [2.75, 3.05) is 13.2 Å². The fourth-order valence-corrected chi connectivity index (χ4v) is 3.09. The molecule has 0 spiro atoms. The van der Waals surface area contributed by atoms with Crippen molar-refractivity contribution in [3.63, 3.8) is 0 Å². The predicted octanol–water partition coefficient (Wildman–Crippen LogP) is 2.79. The Morgan fingerprint density at radius 2 is 1.90 bits per heavy atom. The van der Waals surface area contributed by atoms with Crippen LogP contribution in [0.2, 0.25) is 0 Å². The molecule has 31 heavy (non-hydrogen) atoms. The average Bonchev–Trinajstić information content (AvgIpc) is 3.19. The van der Waals surface area contributed by atoms with E-state index in [1.54, 1.807) is 22.9 Å². The smallest absolute Gasteiger partial charge is 0.251 e. The van der Waals surface area contributed by atoms with Crippen LogP contribution in [0.25, 0.3) is 11.0 Å². The van der Waals surface area contributed by atoms with Crippen LogP contribution in [0.3, 0.4) is 0 Å². The number of aliphatic hydroxyl groups is 1. The summed E-state index contributed by atoms with van der Waals surface area (Å²) in [4.78, 5) is 12.3. The molecule has 0 fully saturated rings. The molecule has 1 amide bonds. The van der Waals surface area contributed by atoms with Crippen LogP contribution < -0.4 is 10.1 Å². The molecule has 1 heterocycles. The standard InChI is InChI=1S/C23H21FN4O3/c24-18-4-3-5-20(12-18)31-15-19(29)13-25-23(30)17-10-8-16(9-11-17)14-28-22-7-2-1-6-21(22)26-27-28/h1-12,19,29H,13-15H2,(H,25,30). The highest BCUT2D eigenvalue weighted by Crippen LogP contribution is 2.14. The molecule has 7 nitrogen and oxygen atoms in total. The second-order valence-corrected chi connectivity index (χ2v) is 7.06. The number of para-hydroxylation sites is 1. The number of carbonyl (C=O) groups excluding carboxylic acids is 1. The van der Waals surface area contributed by atoms with E-state index in [4.69, 9.17) is 4.74 Å². The summed E-state index contributed by atoms with van der Waals surface area (Å²) < 4.78 is 20.3. The Morgan fingerprint density at radius 1 is 1.10 bits per heavy atom. The first-order chi connectivity index (χ1) is 15.1. The van der Waals surface area contributed by atoms with E-state index in [0.717, 1.165) is 16.6 Å². The maximum Gasteiger partial charge on any atom is 0.251 e. The summed E-state index contributed by atoms with van der Waals surface area (Å²) in [6, 6.07) is 20.5. The molecule has 4 rings (SSSR count). The molecule has 4 aromatic rings. The molecule has 0 bridgehead atoms. The van der Waals surface area contributed by atoms with Crippen molar-refractivity contribution in [1.82, 2.24) is 20.3 Å². The van der Waals surface area contributed by atoms with Crippen molar-refractivity contribution in [3.05, 3.63) is 89.7 Å². The average molecular weight is 420 g/mol. The van der Waals surface area contributed by atoms with E-state index < -0.39 is 11.9 Å². The number of aromatic nitrogens is 3. The zero-order valence-corrected chi connectivity index (χ0v) is 16.6. The summed E-state index contributed by atoms with van der Waals surface area (Å²) in [5.41, 5.74) is 3.23. The van der Waals surface area contributed by atoms with Crippen molar-refractivity contribution < 1.29 is 19.0 Å². The molecular formula is C23H21FN4O3. The van der Waals surface area contributed by atoms with Gasteiger partial charge in [-0.15, -0.1) is 5.10 Å². The van der Waals surface area contributed by atoms with E-state index in [9.17, 15) is 14.3 Å². The predicted molar refractivity (Wildman–Crippen MR) is 113 cm³/mol. The van der Waals surface area contributed by atoms with Crippen LogP contribution in [0.15, 0.2) is 72.8 Å². The van der Waals surface area contributed by atoms with Crippen LogP contribution in [-0.2, 0) is 6.54 Å². The van der Waals surface area contributed by atoms with Gasteiger partial charge in [0.25, 0.3) is 5.91 Å². The van der Waals surface area contributed by atoms with E-state index in [-0.39, 0.29) is 19.1 Å². The summed E-state index contributed by atoms with van der Waals surface area (Å²) in [6.45, 7) is 0.494. The molecule has 0 aliphatic carbocycles. The second-order valence-electron chi connectivity index (χ2n) is 7.06. The number of ether oxygens (including phenoxy) is 1. The maximum atomic E-state index is 13.1. The van der Waals surface area contributed by atoms with E-state index in [1.165, 1.54) is 18.2 Å². The van der Waals surface area contributed by atoms with Gasteiger partial charge in [0.2, 0.25) is 0 Å². The van der Waals surface area contributed by atoms with Crippen LogP contribution >= 0.6 is 0 Å². The third-order valence-corrected chi connectivity index (χ3v) is 4.71. The topological polar surface area (TPSA) is 89.3 Å². The molecule has 158 valence electrons. The molecule has 0 radical (unpaired) electrons. The number of halogens is 1. The Hall–Kier alpha value is -3.78. The minimum Gasteiger partial charge on any atom is -0.491 e. The fourth-order valence-electron chi connectivity index (χ4n) is 3.09. The van der Waals surface area contributed by atoms with Gasteiger partial charge in [-0.05, 0) is 42.0 Å². The Labute approximate surface area is 178 Å². The van der Waals surface area contributed by atoms with E-state index in [0.29, 0.717) is 17.9 Å². The van der Waals surface area contributed by atoms with Gasteiger partial charge in [-0.3, -0.25) is 4.79 Å². The third-order valence-electron chi connectivity index (χ3n) is 4.71. The number of hydrogen-bond acceptors (Lipinski definition) is 5. The molecule has 1 aromatic heterocycles. The van der Waals surface area contributed by atoms with Crippen molar-refractivity contribution in [2.45, 2.75) is 12.6 Å². The quantitative estimate of drug-likeness (QED) is 0.458. The molecule has 0 aliphatic rings. The number of carbonyl (C=O) groups is 1. The van der Waals surface area contributed by atoms with E-state index >= 15 is 0 Å². The van der Waals surface area contributed by atoms with Crippen LogP contribution in [0.4, 0.5) is 4.39 Å². The Kier molecular flexibility index (Phi) is 6.18. The number of amides is 1. The van der Waals surface area contributed by atoms with Gasteiger partial charge in [-0.2, -0.15) is 0 Å². The van der Waals surface area contributed by atoms with Crippen LogP contribution in [0.1, 0.15) is 15.9 Å². The minimum atomic E-state index is -0.924. The fraction of sp³-hybridized carbons (Fsp3) is 0.174. The monoisotopic (exact) mass is 420 g/mol. The first-order valence-corrected chi connectivity index (χ1v) is 9.80. The van der Waals surface area contributed by atoms with Gasteiger partial charge in [-0.1, -0.05) is 35.5 Å². The van der Waals surface area contributed by atoms with Gasteiger partial charge in [0.15, 0.2) is 0 Å². The summed E-state index contributed by atoms with van der Waals surface area (Å²) in [5.74, 6) is -0.399. The van der Waals surface area contributed by atoms with Crippen molar-refractivity contribution >= 4 is 16.9 Å². The van der Waals surface area contributed by atoms with Crippen molar-refractivity contribution in [3.8, 4) is 5.75 Å². The third kappa shape index (κ3) is 5.23. The lowest BCUT2D eigenvalue weighted by Crippen LogP contribution is -2.35. The number of benzene rings is 3. The summed E-state index contributed by atoms with van der Waals surface area (Å²) in [6.07, 6.45) is -0.924. The SMILES string of the molecule is O=C(NCC(O)COc1cccc(F)c1)c1ccc(Cn2nnc3ccccc32)cc1. The normalized spacial score (nSPS) is 11.9. The molecule has 0 saturated carbocycles. The Balaban J connectivity index is 1.28. The number of aliphatic hydroxyl groups excluding tert-OH is 1. The molecule has 1 unspecified atom stereocenters. The van der Waals surface area contributed by atoms with Gasteiger partial charge in [-0.25, -0.2) is 9.07 Å². The first-order valence-electron chi connectivity index (χ1n) is 9.80. The van der Waals surface area contributed by atoms with Crippen molar-refractivity contribution in [2.24, 2.45) is 0 Å². The van der Waals surface area contributed by atoms with E-state index in [2.05, 4.69) is 15.6 Å². The minimum absolute atomic E-state index is 0.0147. The molecule has 0 aliphatic heterocycles. The zero-order valence-electron chi connectivity index (χ0n) is 16.6. The van der Waals surface area contributed by atoms with Gasteiger partial charge < -0.3 is 15.2 Å². The lowest BCUT2D eigenvalue weighted by Gasteiger charge is -2.13. The largest absolute Gasteiger partial charge is 0.491 e. The van der Waals surface area contributed by atoms with Gasteiger partial charge in [0.05, 0.1) is 12.1 Å². The van der Waals surface area contributed by atoms with Crippen LogP contribution in [-0.4, -0.2) is 45.3 Å². The number of rotatable bonds is 8. The molecular weight excluding hydrogens is 399 g/mol. The highest BCUT2D eigenvalue weighted by molar-refractivity contribution is 5.94. The molecule has 1 atom stereocenters. The van der Waals surface area contributed by atoms with Crippen LogP contribution in [0, 0.1) is 5.82 Å². The lowest BCUT2D eigenvalue weighted by molar-refractivity contribution is 0.0843. The van der Waals surface area contributed by atoms with Gasteiger partial charge >= 0.3 is 0 Å². The molecule has 3 aromatic carbocycles. The van der Waals surface area contributed by atoms with Crippen molar-refractivity contribution in [1.29, 1.82) is 0 Å². The number of nitrogens with zero attached hydrogens (tertiary/aromatic N) is 3. The molecule has 8 heteroatoms. The van der Waals surface area contributed by atoms with Gasteiger partial charge in [0, 0.05) is 18.2 Å². The summed E-state index contributed by atoms with van der Waals surface area (Å²) >= 11 is 0. The maximum absolute atomic E-state index is 13.1. The number of nitrogens with one attached hydrogen (secondary N) is 1. The van der Waals surface area contributed by atoms with Gasteiger partial charge in [0.1, 0.15) is 29.8 Å². The lowest BCUT2D eigenvalue weighted by atomic mass is 10.1. The molecule has 0 saturated heterocycles. The Bertz CT molecular complexity index is 1180. The highest BCUT2D eigenvalue weighted by atomic mass is 19.1. The number of fused-ring (bicyclic) bond motifs is 1. The molecule has 2 N–H and O–H groups in total. The zero-order chi connectivity index (χ0) is 21.6. The number of hydrogen-bond donors (Lipinski definition) is 2. The Morgan fingerprint density at radius 3 is 2.71 bits per heavy atom. The highest BCUT2D eigenvalue weighted by Gasteiger charge is 2.11. The summed E-state index contributed by atoms with van der Waals surface area (Å²) in [7, 11) is 0. The second kappa shape index (κ2) is 9.36. The first kappa shape index (κ1) is 20.5. The summed E-state index contributed by atoms with van der Waals surface area (Å²) in [5, 5.41) is 21.0. The van der Waals surface area contributed by atoms with Crippen LogP contribution in [0.5, 0.6) is 5.75 Å². The van der Waals surface area contributed by atoms with E-state index in [1.807, 2.05) is 36.4 Å².